The van der Waals surface area contributed by atoms with Gasteiger partial charge in [-0.25, -0.2) is 9.50 Å². The fourth-order valence-electron chi connectivity index (χ4n) is 2.91. The van der Waals surface area contributed by atoms with Gasteiger partial charge >= 0.3 is 15.6 Å². The van der Waals surface area contributed by atoms with Crippen LogP contribution in [0.3, 0.4) is 0 Å². The van der Waals surface area contributed by atoms with Crippen molar-refractivity contribution in [1.29, 1.82) is 0 Å². The Labute approximate surface area is 160 Å². The van der Waals surface area contributed by atoms with Crippen molar-refractivity contribution in [3.8, 4) is 5.75 Å². The van der Waals surface area contributed by atoms with E-state index in [-0.39, 0.29) is 0 Å². The van der Waals surface area contributed by atoms with Crippen molar-refractivity contribution in [1.82, 2.24) is 14.6 Å². The van der Waals surface area contributed by atoms with Crippen LogP contribution in [0.15, 0.2) is 30.3 Å². The summed E-state index contributed by atoms with van der Waals surface area (Å²) in [5.41, 5.74) is -0.369. The second-order valence-electron chi connectivity index (χ2n) is 6.37. The number of aromatic nitrogens is 3. The van der Waals surface area contributed by atoms with Gasteiger partial charge in [-0.2, -0.15) is 26.7 Å². The molecule has 3 aromatic rings. The molecular formula is C18H18F3N3O3S. The summed E-state index contributed by atoms with van der Waals surface area (Å²) < 4.78 is 65.3. The molecule has 3 rings (SSSR count). The second-order valence-corrected chi connectivity index (χ2v) is 7.90. The molecule has 0 saturated heterocycles. The molecular weight excluding hydrogens is 395 g/mol. The van der Waals surface area contributed by atoms with Gasteiger partial charge in [0.15, 0.2) is 5.65 Å². The normalized spacial score (nSPS) is 12.5. The summed E-state index contributed by atoms with van der Waals surface area (Å²) in [5, 5.41) is 4.52. The number of rotatable bonds is 5. The molecule has 0 amide bonds. The maximum absolute atomic E-state index is 12.4. The number of nitrogens with zero attached hydrogens (tertiary/aromatic N) is 3. The Hall–Kier alpha value is -2.62. The van der Waals surface area contributed by atoms with E-state index in [1.165, 1.54) is 24.3 Å². The van der Waals surface area contributed by atoms with Crippen molar-refractivity contribution in [2.45, 2.75) is 39.1 Å². The zero-order chi connectivity index (χ0) is 20.7. The Morgan fingerprint density at radius 1 is 1.14 bits per heavy atom. The maximum Gasteiger partial charge on any atom is 0.534 e. The first-order valence-corrected chi connectivity index (χ1v) is 9.87. The number of aryl methyl sites for hydroxylation is 3. The van der Waals surface area contributed by atoms with Gasteiger partial charge in [-0.1, -0.05) is 19.1 Å². The van der Waals surface area contributed by atoms with E-state index in [4.69, 9.17) is 0 Å². The Bertz CT molecular complexity index is 1120. The monoisotopic (exact) mass is 413 g/mol. The number of fused-ring (bicyclic) bond motifs is 1. The second kappa shape index (κ2) is 7.08. The Balaban J connectivity index is 1.91. The first-order valence-electron chi connectivity index (χ1n) is 8.46. The van der Waals surface area contributed by atoms with Gasteiger partial charge in [0, 0.05) is 6.42 Å². The third-order valence-corrected chi connectivity index (χ3v) is 5.16. The van der Waals surface area contributed by atoms with Gasteiger partial charge in [0.2, 0.25) is 0 Å². The molecule has 0 unspecified atom stereocenters. The van der Waals surface area contributed by atoms with Crippen molar-refractivity contribution in [2.75, 3.05) is 0 Å². The van der Waals surface area contributed by atoms with Gasteiger partial charge in [-0.3, -0.25) is 0 Å². The summed E-state index contributed by atoms with van der Waals surface area (Å²) in [7, 11) is -5.69. The first kappa shape index (κ1) is 20.1. The topological polar surface area (TPSA) is 73.6 Å². The quantitative estimate of drug-likeness (QED) is 0.471. The lowest BCUT2D eigenvalue weighted by Gasteiger charge is -2.10. The molecule has 0 saturated carbocycles. The molecule has 0 fully saturated rings. The molecule has 10 heteroatoms. The smallest absolute Gasteiger partial charge is 0.376 e. The highest BCUT2D eigenvalue weighted by atomic mass is 32.2. The zero-order valence-electron chi connectivity index (χ0n) is 15.4. The largest absolute Gasteiger partial charge is 0.534 e. The van der Waals surface area contributed by atoms with Crippen LogP contribution >= 0.6 is 0 Å². The molecule has 2 heterocycles. The van der Waals surface area contributed by atoms with Crippen molar-refractivity contribution >= 4 is 15.8 Å². The Morgan fingerprint density at radius 2 is 1.79 bits per heavy atom. The Kier molecular flexibility index (Phi) is 5.09. The van der Waals surface area contributed by atoms with E-state index in [0.29, 0.717) is 12.8 Å². The standard InChI is InChI=1S/C18H18F3N3O3S/c1-4-15-16(24-17(22-15)11(2)9-12(3)23-24)10-13-5-7-14(8-6-13)27-28(25,26)18(19,20)21/h5-9H,4,10H2,1-3H3. The van der Waals surface area contributed by atoms with E-state index >= 15 is 0 Å². The fraction of sp³-hybridized carbons (Fsp3) is 0.333. The average Bonchev–Trinajstić information content (AvgIpc) is 2.93. The molecule has 6 nitrogen and oxygen atoms in total. The maximum atomic E-state index is 12.4. The van der Waals surface area contributed by atoms with E-state index in [0.717, 1.165) is 33.9 Å². The van der Waals surface area contributed by atoms with Crippen LogP contribution < -0.4 is 4.18 Å². The number of imidazole rings is 1. The van der Waals surface area contributed by atoms with Crippen LogP contribution in [-0.2, 0) is 23.0 Å². The summed E-state index contributed by atoms with van der Waals surface area (Å²) in [6.45, 7) is 5.81. The minimum Gasteiger partial charge on any atom is -0.376 e. The third-order valence-electron chi connectivity index (χ3n) is 4.19. The van der Waals surface area contributed by atoms with E-state index < -0.39 is 21.4 Å². The van der Waals surface area contributed by atoms with Gasteiger partial charge in [0.25, 0.3) is 0 Å². The third kappa shape index (κ3) is 3.82. The molecule has 0 bridgehead atoms. The predicted molar refractivity (Wildman–Crippen MR) is 96.7 cm³/mol. The molecule has 1 aromatic carbocycles. The lowest BCUT2D eigenvalue weighted by Crippen LogP contribution is -2.28. The number of benzene rings is 1. The molecule has 0 aliphatic rings. The first-order chi connectivity index (χ1) is 13.0. The SMILES string of the molecule is CCc1nc2c(C)cc(C)nn2c1Cc1ccc(OS(=O)(=O)C(F)(F)F)cc1. The van der Waals surface area contributed by atoms with Crippen molar-refractivity contribution in [3.63, 3.8) is 0 Å². The van der Waals surface area contributed by atoms with Crippen LogP contribution in [-0.4, -0.2) is 28.5 Å². The van der Waals surface area contributed by atoms with Gasteiger partial charge in [-0.15, -0.1) is 0 Å². The molecule has 0 N–H and O–H groups in total. The minimum atomic E-state index is -5.69. The number of halogens is 3. The molecule has 0 aliphatic heterocycles. The molecule has 2 aromatic heterocycles. The predicted octanol–water partition coefficient (Wildman–Crippen LogP) is 3.73. The van der Waals surface area contributed by atoms with Gasteiger partial charge in [0.05, 0.1) is 17.1 Å². The van der Waals surface area contributed by atoms with E-state index in [9.17, 15) is 21.6 Å². The van der Waals surface area contributed by atoms with Crippen molar-refractivity contribution < 1.29 is 25.8 Å². The lowest BCUT2D eigenvalue weighted by atomic mass is 10.1. The van der Waals surface area contributed by atoms with E-state index in [2.05, 4.69) is 14.3 Å². The molecule has 0 atom stereocenters. The van der Waals surface area contributed by atoms with Crippen LogP contribution in [0.2, 0.25) is 0 Å². The highest BCUT2D eigenvalue weighted by Crippen LogP contribution is 2.27. The van der Waals surface area contributed by atoms with Gasteiger partial charge < -0.3 is 4.18 Å². The van der Waals surface area contributed by atoms with Crippen LogP contribution in [0.5, 0.6) is 5.75 Å². The van der Waals surface area contributed by atoms with Crippen LogP contribution in [0, 0.1) is 13.8 Å². The summed E-state index contributed by atoms with van der Waals surface area (Å²) in [5.74, 6) is -0.403. The molecule has 28 heavy (non-hydrogen) atoms. The fourth-order valence-corrected chi connectivity index (χ4v) is 3.37. The minimum absolute atomic E-state index is 0.403. The summed E-state index contributed by atoms with van der Waals surface area (Å²) >= 11 is 0. The zero-order valence-corrected chi connectivity index (χ0v) is 16.2. The molecule has 150 valence electrons. The van der Waals surface area contributed by atoms with Crippen molar-refractivity contribution in [2.24, 2.45) is 0 Å². The summed E-state index contributed by atoms with van der Waals surface area (Å²) in [4.78, 5) is 4.63. The van der Waals surface area contributed by atoms with Crippen LogP contribution in [0.1, 0.15) is 35.1 Å². The highest BCUT2D eigenvalue weighted by Gasteiger charge is 2.48. The molecule has 0 aliphatic carbocycles. The number of hydrogen-bond donors (Lipinski definition) is 0. The van der Waals surface area contributed by atoms with Crippen LogP contribution in [0.25, 0.3) is 5.65 Å². The van der Waals surface area contributed by atoms with Gasteiger partial charge in [-0.05, 0) is 49.6 Å². The van der Waals surface area contributed by atoms with E-state index in [1.54, 1.807) is 4.52 Å². The average molecular weight is 413 g/mol. The number of alkyl halides is 3. The summed E-state index contributed by atoms with van der Waals surface area (Å²) in [6, 6.07) is 7.36. The highest BCUT2D eigenvalue weighted by molar-refractivity contribution is 7.88. The van der Waals surface area contributed by atoms with Gasteiger partial charge in [0.1, 0.15) is 5.75 Å². The molecule has 0 spiro atoms. The summed E-state index contributed by atoms with van der Waals surface area (Å²) in [6.07, 6.45) is 1.13. The van der Waals surface area contributed by atoms with E-state index in [1.807, 2.05) is 26.8 Å². The lowest BCUT2D eigenvalue weighted by molar-refractivity contribution is -0.0500. The van der Waals surface area contributed by atoms with Crippen molar-refractivity contribution in [3.05, 3.63) is 58.5 Å². The Morgan fingerprint density at radius 3 is 2.36 bits per heavy atom. The molecule has 0 radical (unpaired) electrons. The number of hydrogen-bond acceptors (Lipinski definition) is 5. The van der Waals surface area contributed by atoms with Crippen LogP contribution in [0.4, 0.5) is 13.2 Å².